The molecule has 3 aromatic heterocycles. The van der Waals surface area contributed by atoms with Gasteiger partial charge in [-0.1, -0.05) is 0 Å². The number of H-pyrrole nitrogens is 1. The van der Waals surface area contributed by atoms with Crippen LogP contribution in [0.5, 0.6) is 6.01 Å². The Labute approximate surface area is 149 Å². The van der Waals surface area contributed by atoms with E-state index in [4.69, 9.17) is 4.74 Å². The van der Waals surface area contributed by atoms with Crippen LogP contribution in [-0.2, 0) is 18.5 Å². The van der Waals surface area contributed by atoms with Crippen LogP contribution in [0.3, 0.4) is 0 Å². The lowest BCUT2D eigenvalue weighted by molar-refractivity contribution is -0.144. The number of alkyl halides is 3. The number of aromatic nitrogens is 4. The summed E-state index contributed by atoms with van der Waals surface area (Å²) in [4.78, 5) is 19.9. The van der Waals surface area contributed by atoms with Crippen LogP contribution >= 0.6 is 11.3 Å². The van der Waals surface area contributed by atoms with Gasteiger partial charge < -0.3 is 9.84 Å². The molecule has 0 spiro atoms. The van der Waals surface area contributed by atoms with Crippen LogP contribution in [0.2, 0.25) is 0 Å². The van der Waals surface area contributed by atoms with E-state index in [-0.39, 0.29) is 11.6 Å². The molecule has 11 heteroatoms. The number of fused-ring (bicyclic) bond motifs is 1. The molecule has 3 aromatic rings. The highest BCUT2D eigenvalue weighted by Gasteiger charge is 2.41. The molecule has 0 atom stereocenters. The minimum atomic E-state index is -4.72. The summed E-state index contributed by atoms with van der Waals surface area (Å²) in [5.41, 5.74) is -3.70. The molecule has 0 aromatic carbocycles. The molecule has 3 rings (SSSR count). The monoisotopic (exact) mass is 388 g/mol. The van der Waals surface area contributed by atoms with Gasteiger partial charge in [0.1, 0.15) is 4.83 Å². The third kappa shape index (κ3) is 3.58. The number of thiophene rings is 1. The Morgan fingerprint density at radius 2 is 2.08 bits per heavy atom. The Morgan fingerprint density at radius 1 is 1.38 bits per heavy atom. The first-order valence-electron chi connectivity index (χ1n) is 7.46. The van der Waals surface area contributed by atoms with Crippen molar-refractivity contribution < 1.29 is 23.0 Å². The van der Waals surface area contributed by atoms with E-state index in [1.165, 1.54) is 25.2 Å². The van der Waals surface area contributed by atoms with Gasteiger partial charge in [-0.3, -0.25) is 9.78 Å². The molecule has 0 aliphatic rings. The predicted octanol–water partition coefficient (Wildman–Crippen LogP) is 2.77. The lowest BCUT2D eigenvalue weighted by atomic mass is 9.99. The second-order valence-corrected chi connectivity index (χ2v) is 7.44. The minimum absolute atomic E-state index is 0.127. The molecule has 3 heterocycles. The smallest absolute Gasteiger partial charge is 0.435 e. The van der Waals surface area contributed by atoms with Gasteiger partial charge in [0.15, 0.2) is 12.4 Å². The zero-order valence-electron chi connectivity index (χ0n) is 14.0. The number of rotatable bonds is 4. The minimum Gasteiger partial charge on any atom is -0.441 e. The normalized spacial score (nSPS) is 12.7. The Balaban J connectivity index is 1.88. The molecule has 0 fully saturated rings. The average Bonchev–Trinajstić information content (AvgIpc) is 3.07. The van der Waals surface area contributed by atoms with Crippen LogP contribution in [0, 0.1) is 6.92 Å². The summed E-state index contributed by atoms with van der Waals surface area (Å²) in [6.07, 6.45) is -3.67. The molecule has 0 aliphatic heterocycles. The van der Waals surface area contributed by atoms with Crippen molar-refractivity contribution in [3.8, 4) is 6.01 Å². The zero-order chi connectivity index (χ0) is 19.3. The summed E-state index contributed by atoms with van der Waals surface area (Å²) in [5.74, 6) is 0. The lowest BCUT2D eigenvalue weighted by Gasteiger charge is -2.17. The van der Waals surface area contributed by atoms with E-state index in [1.54, 1.807) is 6.07 Å². The first-order valence-corrected chi connectivity index (χ1v) is 8.27. The number of aliphatic hydroxyl groups is 1. The fourth-order valence-corrected chi connectivity index (χ4v) is 3.24. The summed E-state index contributed by atoms with van der Waals surface area (Å²) >= 11 is 1.30. The first kappa shape index (κ1) is 18.4. The topological polar surface area (TPSA) is 93.0 Å². The molecule has 0 aliphatic carbocycles. The van der Waals surface area contributed by atoms with Crippen LogP contribution in [0.4, 0.5) is 13.2 Å². The number of halogens is 3. The second-order valence-electron chi connectivity index (χ2n) is 6.21. The van der Waals surface area contributed by atoms with Crippen molar-refractivity contribution in [2.75, 3.05) is 0 Å². The number of nitrogens with one attached hydrogen (secondary N) is 1. The quantitative estimate of drug-likeness (QED) is 0.717. The molecule has 0 bridgehead atoms. The highest BCUT2D eigenvalue weighted by Crippen LogP contribution is 2.35. The van der Waals surface area contributed by atoms with Crippen molar-refractivity contribution in [1.29, 1.82) is 0 Å². The average molecular weight is 388 g/mol. The van der Waals surface area contributed by atoms with Crippen LogP contribution in [0.15, 0.2) is 17.1 Å². The third-order valence-electron chi connectivity index (χ3n) is 3.53. The van der Waals surface area contributed by atoms with E-state index in [0.29, 0.717) is 10.2 Å². The third-order valence-corrected chi connectivity index (χ3v) is 4.47. The summed E-state index contributed by atoms with van der Waals surface area (Å²) in [6.45, 7) is 3.87. The van der Waals surface area contributed by atoms with E-state index in [9.17, 15) is 23.1 Å². The summed E-state index contributed by atoms with van der Waals surface area (Å²) in [7, 11) is 0. The van der Waals surface area contributed by atoms with Crippen molar-refractivity contribution in [3.05, 3.63) is 38.8 Å². The van der Waals surface area contributed by atoms with Crippen LogP contribution in [0.1, 0.15) is 30.0 Å². The number of hydrogen-bond donors (Lipinski definition) is 2. The molecule has 140 valence electrons. The second kappa shape index (κ2) is 6.09. The first-order chi connectivity index (χ1) is 11.9. The number of aryl methyl sites for hydroxylation is 1. The number of hydrogen-bond acceptors (Lipinski definition) is 6. The molecule has 0 unspecified atom stereocenters. The molecular formula is C15H15F3N4O3S. The molecular weight excluding hydrogens is 373 g/mol. The summed E-state index contributed by atoms with van der Waals surface area (Å²) in [5, 5.41) is 13.8. The van der Waals surface area contributed by atoms with Gasteiger partial charge in [0.25, 0.3) is 11.6 Å². The molecule has 0 radical (unpaired) electrons. The van der Waals surface area contributed by atoms with Gasteiger partial charge in [0, 0.05) is 16.6 Å². The SMILES string of the molecule is Cc1cc2c(=O)[nH]c(OCn3cc(C(C)(C)O)c(C(F)(F)F)n3)nc2s1. The Kier molecular flexibility index (Phi) is 4.31. The number of aromatic amines is 1. The van der Waals surface area contributed by atoms with E-state index in [2.05, 4.69) is 15.1 Å². The van der Waals surface area contributed by atoms with E-state index < -0.39 is 29.8 Å². The maximum Gasteiger partial charge on any atom is 0.435 e. The van der Waals surface area contributed by atoms with E-state index in [0.717, 1.165) is 15.8 Å². The number of nitrogens with zero attached hydrogens (tertiary/aromatic N) is 3. The van der Waals surface area contributed by atoms with Crippen molar-refractivity contribution in [3.63, 3.8) is 0 Å². The molecule has 26 heavy (non-hydrogen) atoms. The molecule has 0 amide bonds. The van der Waals surface area contributed by atoms with Gasteiger partial charge in [0.2, 0.25) is 0 Å². The zero-order valence-corrected chi connectivity index (χ0v) is 14.8. The van der Waals surface area contributed by atoms with Crippen molar-refractivity contribution in [2.24, 2.45) is 0 Å². The van der Waals surface area contributed by atoms with Crippen LogP contribution in [-0.4, -0.2) is 24.9 Å². The molecule has 0 saturated heterocycles. The van der Waals surface area contributed by atoms with Gasteiger partial charge in [-0.2, -0.15) is 23.3 Å². The predicted molar refractivity (Wildman–Crippen MR) is 88.1 cm³/mol. The summed E-state index contributed by atoms with van der Waals surface area (Å²) in [6, 6.07) is 1.56. The van der Waals surface area contributed by atoms with Gasteiger partial charge in [-0.25, -0.2) is 4.68 Å². The van der Waals surface area contributed by atoms with Gasteiger partial charge in [0.05, 0.1) is 11.0 Å². The Hall–Kier alpha value is -2.40. The Bertz CT molecular complexity index is 982. The van der Waals surface area contributed by atoms with Crippen LogP contribution in [0.25, 0.3) is 10.2 Å². The fraction of sp³-hybridized carbons (Fsp3) is 0.400. The highest BCUT2D eigenvalue weighted by molar-refractivity contribution is 7.18. The van der Waals surface area contributed by atoms with Gasteiger partial charge in [-0.15, -0.1) is 11.3 Å². The summed E-state index contributed by atoms with van der Waals surface area (Å²) < 4.78 is 45.5. The fourth-order valence-electron chi connectivity index (χ4n) is 2.37. The molecule has 0 saturated carbocycles. The van der Waals surface area contributed by atoms with E-state index in [1.807, 2.05) is 6.92 Å². The standard InChI is InChI=1S/C15H15F3N4O3S/c1-7-4-8-11(23)19-13(20-12(8)26-7)25-6-22-5-9(14(2,3)24)10(21-22)15(16,17)18/h4-5,24H,6H2,1-3H3,(H,19,20,23). The van der Waals surface area contributed by atoms with Crippen molar-refractivity contribution in [2.45, 2.75) is 39.3 Å². The molecule has 2 N–H and O–H groups in total. The van der Waals surface area contributed by atoms with Crippen molar-refractivity contribution >= 4 is 21.6 Å². The van der Waals surface area contributed by atoms with Crippen molar-refractivity contribution in [1.82, 2.24) is 19.7 Å². The Morgan fingerprint density at radius 3 is 2.65 bits per heavy atom. The van der Waals surface area contributed by atoms with E-state index >= 15 is 0 Å². The largest absolute Gasteiger partial charge is 0.441 e. The van der Waals surface area contributed by atoms with Gasteiger partial charge in [-0.05, 0) is 26.8 Å². The maximum atomic E-state index is 13.1. The molecule has 7 nitrogen and oxygen atoms in total. The highest BCUT2D eigenvalue weighted by atomic mass is 32.1. The maximum absolute atomic E-state index is 13.1. The van der Waals surface area contributed by atoms with Gasteiger partial charge >= 0.3 is 6.18 Å². The van der Waals surface area contributed by atoms with Crippen LogP contribution < -0.4 is 10.3 Å². The number of ether oxygens (including phenoxy) is 1. The lowest BCUT2D eigenvalue weighted by Crippen LogP contribution is -2.20.